The van der Waals surface area contributed by atoms with E-state index in [0.717, 1.165) is 11.9 Å². The minimum Gasteiger partial charge on any atom is -0.381 e. The van der Waals surface area contributed by atoms with Crippen molar-refractivity contribution in [3.63, 3.8) is 0 Å². The Hall–Kier alpha value is -2.17. The van der Waals surface area contributed by atoms with Crippen molar-refractivity contribution >= 4 is 17.5 Å². The number of hydrogen-bond acceptors (Lipinski definition) is 4. The van der Waals surface area contributed by atoms with Gasteiger partial charge in [-0.05, 0) is 23.1 Å². The van der Waals surface area contributed by atoms with Crippen LogP contribution in [0.15, 0.2) is 30.5 Å². The van der Waals surface area contributed by atoms with Gasteiger partial charge in [0.15, 0.2) is 11.6 Å². The molecule has 100 valence electrons. The second kappa shape index (κ2) is 4.84. The van der Waals surface area contributed by atoms with Crippen molar-refractivity contribution in [2.75, 3.05) is 11.1 Å². The predicted molar refractivity (Wildman–Crippen MR) is 74.8 cm³/mol. The van der Waals surface area contributed by atoms with Crippen molar-refractivity contribution in [1.82, 2.24) is 9.97 Å². The van der Waals surface area contributed by atoms with E-state index in [4.69, 9.17) is 5.73 Å². The number of nitrogens with zero attached hydrogens (tertiary/aromatic N) is 2. The minimum atomic E-state index is -0.617. The molecule has 0 fully saturated rings. The Kier molecular flexibility index (Phi) is 3.38. The van der Waals surface area contributed by atoms with Crippen molar-refractivity contribution in [2.24, 2.45) is 0 Å². The Balaban J connectivity index is 2.26. The molecule has 1 aromatic heterocycles. The molecule has 0 amide bonds. The van der Waals surface area contributed by atoms with Gasteiger partial charge in [0.05, 0.1) is 6.20 Å². The fraction of sp³-hybridized carbons (Fsp3) is 0.286. The lowest BCUT2D eigenvalue weighted by Gasteiger charge is -2.19. The third-order valence-corrected chi connectivity index (χ3v) is 2.76. The van der Waals surface area contributed by atoms with Crippen LogP contribution in [0.1, 0.15) is 26.3 Å². The van der Waals surface area contributed by atoms with E-state index in [0.29, 0.717) is 0 Å². The molecular weight excluding hydrogens is 243 g/mol. The second-order valence-corrected chi connectivity index (χ2v) is 5.38. The number of nitrogens with two attached hydrogens (primary N) is 1. The SMILES string of the molecule is CC(C)(C)c1cccc(Nc2ncc(F)c(N)n2)c1. The van der Waals surface area contributed by atoms with Gasteiger partial charge >= 0.3 is 0 Å². The summed E-state index contributed by atoms with van der Waals surface area (Å²) in [7, 11) is 0. The van der Waals surface area contributed by atoms with Crippen LogP contribution in [0.4, 0.5) is 21.8 Å². The van der Waals surface area contributed by atoms with Gasteiger partial charge in [0, 0.05) is 5.69 Å². The van der Waals surface area contributed by atoms with Gasteiger partial charge in [-0.3, -0.25) is 0 Å². The first-order valence-electron chi connectivity index (χ1n) is 6.02. The molecule has 0 aliphatic carbocycles. The number of aromatic nitrogens is 2. The number of nitrogens with one attached hydrogen (secondary N) is 1. The van der Waals surface area contributed by atoms with Crippen LogP contribution in [-0.4, -0.2) is 9.97 Å². The number of rotatable bonds is 2. The Bertz CT molecular complexity index is 590. The third kappa shape index (κ3) is 3.19. The third-order valence-electron chi connectivity index (χ3n) is 2.76. The van der Waals surface area contributed by atoms with Crippen molar-refractivity contribution in [2.45, 2.75) is 26.2 Å². The summed E-state index contributed by atoms with van der Waals surface area (Å²) in [5.74, 6) is -0.497. The first-order valence-corrected chi connectivity index (χ1v) is 6.02. The van der Waals surface area contributed by atoms with Gasteiger partial charge in [0.2, 0.25) is 5.95 Å². The summed E-state index contributed by atoms with van der Waals surface area (Å²) >= 11 is 0. The lowest BCUT2D eigenvalue weighted by molar-refractivity contribution is 0.590. The predicted octanol–water partition coefficient (Wildman–Crippen LogP) is 3.24. The molecule has 19 heavy (non-hydrogen) atoms. The van der Waals surface area contributed by atoms with E-state index in [1.807, 2.05) is 18.2 Å². The number of hydrogen-bond donors (Lipinski definition) is 2. The zero-order chi connectivity index (χ0) is 14.0. The van der Waals surface area contributed by atoms with E-state index in [1.54, 1.807) is 0 Å². The van der Waals surface area contributed by atoms with E-state index in [9.17, 15) is 4.39 Å². The summed E-state index contributed by atoms with van der Waals surface area (Å²) in [6.45, 7) is 6.41. The molecule has 0 saturated carbocycles. The van der Waals surface area contributed by atoms with Crippen molar-refractivity contribution in [3.05, 3.63) is 41.8 Å². The van der Waals surface area contributed by atoms with Gasteiger partial charge in [-0.25, -0.2) is 9.37 Å². The molecule has 2 rings (SSSR count). The van der Waals surface area contributed by atoms with Gasteiger partial charge in [-0.2, -0.15) is 4.98 Å². The molecule has 0 saturated heterocycles. The van der Waals surface area contributed by atoms with E-state index >= 15 is 0 Å². The van der Waals surface area contributed by atoms with Crippen molar-refractivity contribution in [1.29, 1.82) is 0 Å². The smallest absolute Gasteiger partial charge is 0.229 e. The fourth-order valence-electron chi connectivity index (χ4n) is 1.63. The number of anilines is 3. The molecule has 0 aliphatic rings. The Morgan fingerprint density at radius 1 is 1.26 bits per heavy atom. The first kappa shape index (κ1) is 13.3. The fourth-order valence-corrected chi connectivity index (χ4v) is 1.63. The van der Waals surface area contributed by atoms with Gasteiger partial charge in [0.1, 0.15) is 0 Å². The zero-order valence-electron chi connectivity index (χ0n) is 11.2. The molecule has 1 heterocycles. The Morgan fingerprint density at radius 3 is 2.63 bits per heavy atom. The topological polar surface area (TPSA) is 63.8 Å². The van der Waals surface area contributed by atoms with Crippen LogP contribution >= 0.6 is 0 Å². The molecule has 0 bridgehead atoms. The standard InChI is InChI=1S/C14H17FN4/c1-14(2,3)9-5-4-6-10(7-9)18-13-17-8-11(15)12(16)19-13/h4-8H,1-3H3,(H3,16,17,18,19). The van der Waals surface area contributed by atoms with Crippen LogP contribution in [0.25, 0.3) is 0 Å². The highest BCUT2D eigenvalue weighted by molar-refractivity contribution is 5.56. The highest BCUT2D eigenvalue weighted by Crippen LogP contribution is 2.25. The van der Waals surface area contributed by atoms with E-state index in [2.05, 4.69) is 42.1 Å². The summed E-state index contributed by atoms with van der Waals surface area (Å²) in [5.41, 5.74) is 7.50. The average Bonchev–Trinajstić information content (AvgIpc) is 2.33. The molecule has 2 aromatic rings. The van der Waals surface area contributed by atoms with E-state index in [1.165, 1.54) is 5.56 Å². The summed E-state index contributed by atoms with van der Waals surface area (Å²) in [4.78, 5) is 7.69. The Labute approximate surface area is 111 Å². The van der Waals surface area contributed by atoms with Crippen LogP contribution in [0.2, 0.25) is 0 Å². The van der Waals surface area contributed by atoms with E-state index in [-0.39, 0.29) is 17.2 Å². The van der Waals surface area contributed by atoms with Crippen LogP contribution in [0.3, 0.4) is 0 Å². The number of halogens is 1. The molecule has 4 nitrogen and oxygen atoms in total. The molecular formula is C14H17FN4. The van der Waals surface area contributed by atoms with E-state index < -0.39 is 5.82 Å². The second-order valence-electron chi connectivity index (χ2n) is 5.38. The van der Waals surface area contributed by atoms with Gasteiger partial charge in [-0.1, -0.05) is 32.9 Å². The maximum Gasteiger partial charge on any atom is 0.229 e. The van der Waals surface area contributed by atoms with Crippen LogP contribution < -0.4 is 11.1 Å². The molecule has 3 N–H and O–H groups in total. The quantitative estimate of drug-likeness (QED) is 0.870. The summed E-state index contributed by atoms with van der Waals surface area (Å²) in [5, 5.41) is 3.02. The van der Waals surface area contributed by atoms with Gasteiger partial charge < -0.3 is 11.1 Å². The summed E-state index contributed by atoms with van der Waals surface area (Å²) < 4.78 is 13.0. The maximum atomic E-state index is 13.0. The molecule has 5 heteroatoms. The first-order chi connectivity index (χ1) is 8.86. The molecule has 0 unspecified atom stereocenters. The molecule has 0 spiro atoms. The number of nitrogen functional groups attached to an aromatic ring is 1. The molecule has 0 atom stereocenters. The minimum absolute atomic E-state index is 0.0559. The number of benzene rings is 1. The molecule has 1 aromatic carbocycles. The van der Waals surface area contributed by atoms with Crippen LogP contribution in [-0.2, 0) is 5.41 Å². The average molecular weight is 260 g/mol. The summed E-state index contributed by atoms with van der Waals surface area (Å²) in [6.07, 6.45) is 1.05. The highest BCUT2D eigenvalue weighted by atomic mass is 19.1. The van der Waals surface area contributed by atoms with Crippen LogP contribution in [0.5, 0.6) is 0 Å². The zero-order valence-corrected chi connectivity index (χ0v) is 11.2. The Morgan fingerprint density at radius 2 is 2.00 bits per heavy atom. The molecule has 0 aliphatic heterocycles. The van der Waals surface area contributed by atoms with Crippen molar-refractivity contribution < 1.29 is 4.39 Å². The largest absolute Gasteiger partial charge is 0.381 e. The lowest BCUT2D eigenvalue weighted by Crippen LogP contribution is -2.11. The lowest BCUT2D eigenvalue weighted by atomic mass is 9.87. The molecule has 0 radical (unpaired) electrons. The normalized spacial score (nSPS) is 11.4. The van der Waals surface area contributed by atoms with Gasteiger partial charge in [-0.15, -0.1) is 0 Å². The summed E-state index contributed by atoms with van der Waals surface area (Å²) in [6, 6.07) is 7.93. The maximum absolute atomic E-state index is 13.0. The van der Waals surface area contributed by atoms with Crippen LogP contribution in [0, 0.1) is 5.82 Å². The van der Waals surface area contributed by atoms with Crippen molar-refractivity contribution in [3.8, 4) is 0 Å². The van der Waals surface area contributed by atoms with Gasteiger partial charge in [0.25, 0.3) is 0 Å². The monoisotopic (exact) mass is 260 g/mol. The highest BCUT2D eigenvalue weighted by Gasteiger charge is 2.13.